The van der Waals surface area contributed by atoms with E-state index in [0.29, 0.717) is 0 Å². The number of halogens is 1. The van der Waals surface area contributed by atoms with Gasteiger partial charge in [-0.2, -0.15) is 0 Å². The number of hydrogen-bond donors (Lipinski definition) is 0. The van der Waals surface area contributed by atoms with Gasteiger partial charge in [-0.05, 0) is 37.5 Å². The average Bonchev–Trinajstić information content (AvgIpc) is 2.34. The summed E-state index contributed by atoms with van der Waals surface area (Å²) in [6.07, 6.45) is 6.31. The molecule has 2 unspecified atom stereocenters. The molecule has 0 bridgehead atoms. The van der Waals surface area contributed by atoms with Crippen LogP contribution in [0.3, 0.4) is 0 Å². The van der Waals surface area contributed by atoms with E-state index in [1.54, 1.807) is 0 Å². The number of carbonyl (C=O) groups is 2. The first kappa shape index (κ1) is 13.1. The molecule has 0 saturated heterocycles. The van der Waals surface area contributed by atoms with E-state index < -0.39 is 0 Å². The van der Waals surface area contributed by atoms with E-state index in [0.717, 1.165) is 19.3 Å². The molecule has 102 valence electrons. The summed E-state index contributed by atoms with van der Waals surface area (Å²) in [5, 5.41) is 0.130. The molecule has 2 atom stereocenters. The Balaban J connectivity index is 2.00. The lowest BCUT2D eigenvalue weighted by Gasteiger charge is -2.43. The molecule has 0 aromatic rings. The van der Waals surface area contributed by atoms with Gasteiger partial charge in [0.2, 0.25) is 0 Å². The van der Waals surface area contributed by atoms with Gasteiger partial charge in [0.1, 0.15) is 0 Å². The van der Waals surface area contributed by atoms with Crippen LogP contribution in [0.25, 0.3) is 0 Å². The van der Waals surface area contributed by atoms with Gasteiger partial charge in [0.05, 0.1) is 5.03 Å². The molecule has 0 fully saturated rings. The van der Waals surface area contributed by atoms with E-state index in [-0.39, 0.29) is 33.8 Å². The highest BCUT2D eigenvalue weighted by molar-refractivity contribution is 6.45. The molecule has 3 aliphatic carbocycles. The number of hydrogen-bond acceptors (Lipinski definition) is 2. The first-order valence-electron chi connectivity index (χ1n) is 7.07. The fourth-order valence-corrected chi connectivity index (χ4v) is 4.24. The van der Waals surface area contributed by atoms with Crippen molar-refractivity contribution in [2.45, 2.75) is 46.0 Å². The van der Waals surface area contributed by atoms with Crippen molar-refractivity contribution < 1.29 is 9.59 Å². The molecule has 0 N–H and O–H groups in total. The van der Waals surface area contributed by atoms with Crippen LogP contribution in [0.15, 0.2) is 22.3 Å². The molecule has 3 rings (SSSR count). The standard InChI is InChI=1S/C16H19ClO2/c1-16(2)5-3-4-9-6-11-10(7-12(9)16)14(18)8-13(17)15(11)19/h8,10-11H,3-7H2,1-2H3. The van der Waals surface area contributed by atoms with Crippen LogP contribution in [0.1, 0.15) is 46.0 Å². The highest BCUT2D eigenvalue weighted by Gasteiger charge is 2.45. The minimum atomic E-state index is -0.197. The van der Waals surface area contributed by atoms with Crippen molar-refractivity contribution in [3.8, 4) is 0 Å². The quantitative estimate of drug-likeness (QED) is 0.632. The topological polar surface area (TPSA) is 34.1 Å². The summed E-state index contributed by atoms with van der Waals surface area (Å²) in [5.74, 6) is -0.340. The van der Waals surface area contributed by atoms with E-state index in [1.165, 1.54) is 30.1 Å². The van der Waals surface area contributed by atoms with Crippen LogP contribution >= 0.6 is 11.6 Å². The molecule has 0 aromatic heterocycles. The van der Waals surface area contributed by atoms with Crippen molar-refractivity contribution in [2.75, 3.05) is 0 Å². The fourth-order valence-electron chi connectivity index (χ4n) is 3.99. The Hall–Kier alpha value is -0.890. The van der Waals surface area contributed by atoms with E-state index in [4.69, 9.17) is 11.6 Å². The van der Waals surface area contributed by atoms with Gasteiger partial charge in [0.25, 0.3) is 0 Å². The van der Waals surface area contributed by atoms with Gasteiger partial charge in [-0.3, -0.25) is 9.59 Å². The Labute approximate surface area is 118 Å². The Morgan fingerprint density at radius 3 is 2.68 bits per heavy atom. The van der Waals surface area contributed by atoms with Crippen molar-refractivity contribution in [3.63, 3.8) is 0 Å². The first-order valence-corrected chi connectivity index (χ1v) is 7.44. The molecule has 0 heterocycles. The Kier molecular flexibility index (Phi) is 2.97. The summed E-state index contributed by atoms with van der Waals surface area (Å²) in [4.78, 5) is 24.3. The summed E-state index contributed by atoms with van der Waals surface area (Å²) in [6, 6.07) is 0. The molecule has 3 aliphatic rings. The minimum Gasteiger partial charge on any atom is -0.294 e. The van der Waals surface area contributed by atoms with Crippen molar-refractivity contribution >= 4 is 23.2 Å². The number of carbonyl (C=O) groups excluding carboxylic acids is 2. The molecule has 0 aliphatic heterocycles. The Bertz CT molecular complexity index is 525. The van der Waals surface area contributed by atoms with Crippen LogP contribution in [0.5, 0.6) is 0 Å². The normalized spacial score (nSPS) is 33.7. The van der Waals surface area contributed by atoms with Crippen molar-refractivity contribution in [3.05, 3.63) is 22.3 Å². The summed E-state index contributed by atoms with van der Waals surface area (Å²) in [7, 11) is 0. The highest BCUT2D eigenvalue weighted by Crippen LogP contribution is 2.51. The number of fused-ring (bicyclic) bond motifs is 1. The minimum absolute atomic E-state index is 0.0267. The van der Waals surface area contributed by atoms with Crippen LogP contribution in [-0.2, 0) is 9.59 Å². The lowest BCUT2D eigenvalue weighted by atomic mass is 9.61. The summed E-state index contributed by atoms with van der Waals surface area (Å²) < 4.78 is 0. The zero-order chi connectivity index (χ0) is 13.8. The summed E-state index contributed by atoms with van der Waals surface area (Å²) in [5.41, 5.74) is 3.05. The average molecular weight is 279 g/mol. The van der Waals surface area contributed by atoms with Crippen molar-refractivity contribution in [1.82, 2.24) is 0 Å². The molecule has 0 spiro atoms. The molecule has 19 heavy (non-hydrogen) atoms. The van der Waals surface area contributed by atoms with Gasteiger partial charge in [0, 0.05) is 17.9 Å². The monoisotopic (exact) mass is 278 g/mol. The second-order valence-corrected chi connectivity index (χ2v) is 7.11. The van der Waals surface area contributed by atoms with Crippen LogP contribution in [-0.4, -0.2) is 11.6 Å². The zero-order valence-electron chi connectivity index (χ0n) is 11.5. The van der Waals surface area contributed by atoms with Crippen LogP contribution in [0, 0.1) is 17.3 Å². The highest BCUT2D eigenvalue weighted by atomic mass is 35.5. The predicted octanol–water partition coefficient (Wildman–Crippen LogP) is 3.79. The first-order chi connectivity index (χ1) is 8.90. The summed E-state index contributed by atoms with van der Waals surface area (Å²) in [6.45, 7) is 4.53. The van der Waals surface area contributed by atoms with Gasteiger partial charge in [-0.15, -0.1) is 0 Å². The molecule has 0 aromatic carbocycles. The molecular formula is C16H19ClO2. The SMILES string of the molecule is CC1(C)CCCC2=C1CC1C(=O)C=C(Cl)C(=O)C1C2. The van der Waals surface area contributed by atoms with E-state index in [1.807, 2.05) is 0 Å². The third kappa shape index (κ3) is 2.01. The van der Waals surface area contributed by atoms with E-state index in [9.17, 15) is 9.59 Å². The Morgan fingerprint density at radius 2 is 1.95 bits per heavy atom. The van der Waals surface area contributed by atoms with Gasteiger partial charge in [-0.25, -0.2) is 0 Å². The van der Waals surface area contributed by atoms with Crippen LogP contribution in [0.2, 0.25) is 0 Å². The fraction of sp³-hybridized carbons (Fsp3) is 0.625. The van der Waals surface area contributed by atoms with Gasteiger partial charge in [-0.1, -0.05) is 36.6 Å². The van der Waals surface area contributed by atoms with Gasteiger partial charge in [0.15, 0.2) is 11.6 Å². The van der Waals surface area contributed by atoms with E-state index >= 15 is 0 Å². The smallest absolute Gasteiger partial charge is 0.178 e. The Morgan fingerprint density at radius 1 is 1.21 bits per heavy atom. The molecule has 3 heteroatoms. The molecular weight excluding hydrogens is 260 g/mol. The second-order valence-electron chi connectivity index (χ2n) is 6.70. The lowest BCUT2D eigenvalue weighted by molar-refractivity contribution is -0.129. The van der Waals surface area contributed by atoms with Crippen molar-refractivity contribution in [2.24, 2.45) is 17.3 Å². The molecule has 0 saturated carbocycles. The zero-order valence-corrected chi connectivity index (χ0v) is 12.2. The van der Waals surface area contributed by atoms with Crippen LogP contribution in [0.4, 0.5) is 0 Å². The van der Waals surface area contributed by atoms with Crippen molar-refractivity contribution in [1.29, 1.82) is 0 Å². The predicted molar refractivity (Wildman–Crippen MR) is 74.8 cm³/mol. The van der Waals surface area contributed by atoms with Gasteiger partial charge >= 0.3 is 0 Å². The molecule has 0 radical (unpaired) electrons. The maximum atomic E-state index is 12.2. The van der Waals surface area contributed by atoms with Crippen LogP contribution < -0.4 is 0 Å². The van der Waals surface area contributed by atoms with Gasteiger partial charge < -0.3 is 0 Å². The lowest BCUT2D eigenvalue weighted by Crippen LogP contribution is -2.40. The summed E-state index contributed by atoms with van der Waals surface area (Å²) >= 11 is 5.89. The molecule has 2 nitrogen and oxygen atoms in total. The maximum Gasteiger partial charge on any atom is 0.178 e. The number of ketones is 2. The second kappa shape index (κ2) is 4.31. The largest absolute Gasteiger partial charge is 0.294 e. The number of rotatable bonds is 0. The third-order valence-electron chi connectivity index (χ3n) is 5.11. The molecule has 0 amide bonds. The van der Waals surface area contributed by atoms with E-state index in [2.05, 4.69) is 13.8 Å². The maximum absolute atomic E-state index is 12.2. The number of Topliss-reactive ketones (excluding diaryl/α,β-unsaturated/α-hetero) is 1. The number of allylic oxidation sites excluding steroid dienone is 4. The third-order valence-corrected chi connectivity index (χ3v) is 5.40.